The first-order valence-corrected chi connectivity index (χ1v) is 9.91. The number of carbonyl (C=O) groups excluding carboxylic acids is 1. The first-order valence-electron chi connectivity index (χ1n) is 9.91. The topological polar surface area (TPSA) is 93.8 Å². The minimum atomic E-state index is -0.545. The Kier molecular flexibility index (Phi) is 9.35. The van der Waals surface area contributed by atoms with Gasteiger partial charge in [-0.1, -0.05) is 45.1 Å². The van der Waals surface area contributed by atoms with Crippen molar-refractivity contribution < 1.29 is 14.5 Å². The smallest absolute Gasteiger partial charge is 0.271 e. The molecular formula is C22H27N3O4. The zero-order valence-corrected chi connectivity index (χ0v) is 16.7. The summed E-state index contributed by atoms with van der Waals surface area (Å²) in [6.45, 7) is 2.92. The van der Waals surface area contributed by atoms with E-state index in [1.165, 1.54) is 62.6 Å². The van der Waals surface area contributed by atoms with E-state index in [-0.39, 0.29) is 11.3 Å². The fourth-order valence-corrected chi connectivity index (χ4v) is 2.71. The van der Waals surface area contributed by atoms with Crippen LogP contribution in [0.25, 0.3) is 0 Å². The summed E-state index contributed by atoms with van der Waals surface area (Å²) in [7, 11) is 0. The SMILES string of the molecule is CCCCCCCCOc1ccc(/C=N/NC(=O)c2cccc([N+](=O)[O-])c2)cc1. The molecule has 0 bridgehead atoms. The van der Waals surface area contributed by atoms with Gasteiger partial charge in [0, 0.05) is 17.7 Å². The van der Waals surface area contributed by atoms with E-state index in [0.717, 1.165) is 17.7 Å². The number of non-ortho nitro benzene ring substituents is 1. The Labute approximate surface area is 170 Å². The third-order valence-corrected chi connectivity index (χ3v) is 4.35. The van der Waals surface area contributed by atoms with Crippen molar-refractivity contribution in [1.29, 1.82) is 0 Å². The van der Waals surface area contributed by atoms with Gasteiger partial charge in [-0.25, -0.2) is 5.43 Å². The summed E-state index contributed by atoms with van der Waals surface area (Å²) < 4.78 is 5.73. The minimum absolute atomic E-state index is 0.141. The predicted molar refractivity (Wildman–Crippen MR) is 113 cm³/mol. The maximum Gasteiger partial charge on any atom is 0.271 e. The van der Waals surface area contributed by atoms with Crippen LogP contribution in [0.3, 0.4) is 0 Å². The molecule has 154 valence electrons. The molecular weight excluding hydrogens is 370 g/mol. The highest BCUT2D eigenvalue weighted by atomic mass is 16.6. The van der Waals surface area contributed by atoms with Crippen LogP contribution < -0.4 is 10.2 Å². The second-order valence-electron chi connectivity index (χ2n) is 6.69. The van der Waals surface area contributed by atoms with Crippen molar-refractivity contribution >= 4 is 17.8 Å². The van der Waals surface area contributed by atoms with Crippen molar-refractivity contribution in [3.63, 3.8) is 0 Å². The number of nitro benzene ring substituents is 1. The average Bonchev–Trinajstić information content (AvgIpc) is 2.74. The summed E-state index contributed by atoms with van der Waals surface area (Å²) in [6.07, 6.45) is 8.86. The lowest BCUT2D eigenvalue weighted by Gasteiger charge is -2.06. The highest BCUT2D eigenvalue weighted by Crippen LogP contribution is 2.14. The quantitative estimate of drug-likeness (QED) is 0.233. The zero-order chi connectivity index (χ0) is 20.9. The molecule has 2 rings (SSSR count). The van der Waals surface area contributed by atoms with Crippen LogP contribution in [0.2, 0.25) is 0 Å². The van der Waals surface area contributed by atoms with E-state index in [1.807, 2.05) is 24.3 Å². The fourth-order valence-electron chi connectivity index (χ4n) is 2.71. The highest BCUT2D eigenvalue weighted by Gasteiger charge is 2.10. The Morgan fingerprint density at radius 1 is 1.10 bits per heavy atom. The van der Waals surface area contributed by atoms with Crippen molar-refractivity contribution in [2.24, 2.45) is 5.10 Å². The van der Waals surface area contributed by atoms with Crippen molar-refractivity contribution in [3.8, 4) is 5.75 Å². The lowest BCUT2D eigenvalue weighted by Crippen LogP contribution is -2.17. The molecule has 0 aliphatic carbocycles. The van der Waals surface area contributed by atoms with Crippen LogP contribution >= 0.6 is 0 Å². The van der Waals surface area contributed by atoms with Gasteiger partial charge in [0.1, 0.15) is 5.75 Å². The number of hydrogen-bond acceptors (Lipinski definition) is 5. The van der Waals surface area contributed by atoms with Crippen molar-refractivity contribution in [1.82, 2.24) is 5.43 Å². The molecule has 7 nitrogen and oxygen atoms in total. The number of nitrogens with zero attached hydrogens (tertiary/aromatic N) is 2. The molecule has 1 amide bonds. The van der Waals surface area contributed by atoms with Gasteiger partial charge in [-0.2, -0.15) is 5.10 Å². The molecule has 0 radical (unpaired) electrons. The first kappa shape index (κ1) is 22.1. The lowest BCUT2D eigenvalue weighted by molar-refractivity contribution is -0.384. The molecule has 0 saturated heterocycles. The number of nitro groups is 1. The molecule has 1 N–H and O–H groups in total. The highest BCUT2D eigenvalue weighted by molar-refractivity contribution is 5.95. The third kappa shape index (κ3) is 8.13. The molecule has 0 aliphatic rings. The van der Waals surface area contributed by atoms with E-state index >= 15 is 0 Å². The molecule has 0 fully saturated rings. The van der Waals surface area contributed by atoms with Crippen molar-refractivity contribution in [2.45, 2.75) is 45.4 Å². The number of amides is 1. The van der Waals surface area contributed by atoms with Crippen LogP contribution in [0.5, 0.6) is 5.75 Å². The van der Waals surface area contributed by atoms with Crippen LogP contribution in [-0.2, 0) is 0 Å². The Morgan fingerprint density at radius 2 is 1.83 bits per heavy atom. The minimum Gasteiger partial charge on any atom is -0.494 e. The van der Waals surface area contributed by atoms with Gasteiger partial charge in [0.2, 0.25) is 0 Å². The molecule has 0 spiro atoms. The summed E-state index contributed by atoms with van der Waals surface area (Å²) in [5, 5.41) is 14.7. The van der Waals surface area contributed by atoms with Gasteiger partial charge in [0.25, 0.3) is 11.6 Å². The first-order chi connectivity index (χ1) is 14.1. The number of nitrogens with one attached hydrogen (secondary N) is 1. The molecule has 0 unspecified atom stereocenters. The second-order valence-corrected chi connectivity index (χ2v) is 6.69. The molecule has 0 atom stereocenters. The van der Waals surface area contributed by atoms with Crippen LogP contribution in [0, 0.1) is 10.1 Å². The van der Waals surface area contributed by atoms with Crippen LogP contribution in [0.4, 0.5) is 5.69 Å². The molecule has 0 aliphatic heterocycles. The van der Waals surface area contributed by atoms with Crippen LogP contribution in [0.15, 0.2) is 53.6 Å². The Balaban J connectivity index is 1.74. The van der Waals surface area contributed by atoms with E-state index in [1.54, 1.807) is 0 Å². The van der Waals surface area contributed by atoms with Gasteiger partial charge < -0.3 is 4.74 Å². The molecule has 2 aromatic carbocycles. The number of rotatable bonds is 12. The summed E-state index contributed by atoms with van der Waals surface area (Å²) in [6, 6.07) is 12.9. The number of carbonyl (C=O) groups is 1. The van der Waals surface area contributed by atoms with Crippen molar-refractivity contribution in [3.05, 3.63) is 69.8 Å². The Bertz CT molecular complexity index is 819. The van der Waals surface area contributed by atoms with Gasteiger partial charge in [0.05, 0.1) is 17.7 Å². The van der Waals surface area contributed by atoms with Gasteiger partial charge >= 0.3 is 0 Å². The number of ether oxygens (including phenoxy) is 1. The standard InChI is InChI=1S/C22H27N3O4/c1-2-3-4-5-6-7-15-29-21-13-11-18(12-14-21)17-23-24-22(26)19-9-8-10-20(16-19)25(27)28/h8-14,16-17H,2-7,15H2,1H3,(H,24,26)/b23-17+. The van der Waals surface area contributed by atoms with E-state index in [2.05, 4.69) is 17.5 Å². The molecule has 7 heteroatoms. The zero-order valence-electron chi connectivity index (χ0n) is 16.7. The summed E-state index contributed by atoms with van der Waals surface area (Å²) in [4.78, 5) is 22.3. The molecule has 29 heavy (non-hydrogen) atoms. The van der Waals surface area contributed by atoms with Crippen LogP contribution in [-0.4, -0.2) is 23.7 Å². The summed E-state index contributed by atoms with van der Waals surface area (Å²) >= 11 is 0. The number of hydrazone groups is 1. The van der Waals surface area contributed by atoms with E-state index in [9.17, 15) is 14.9 Å². The van der Waals surface area contributed by atoms with Crippen LogP contribution in [0.1, 0.15) is 61.4 Å². The third-order valence-electron chi connectivity index (χ3n) is 4.35. The molecule has 0 saturated carbocycles. The maximum absolute atomic E-state index is 12.0. The predicted octanol–water partition coefficient (Wildman–Crippen LogP) is 5.10. The van der Waals surface area contributed by atoms with Gasteiger partial charge in [0.15, 0.2) is 0 Å². The largest absolute Gasteiger partial charge is 0.494 e. The Morgan fingerprint density at radius 3 is 2.55 bits per heavy atom. The van der Waals surface area contributed by atoms with Gasteiger partial charge in [-0.15, -0.1) is 0 Å². The summed E-state index contributed by atoms with van der Waals surface area (Å²) in [5.41, 5.74) is 3.20. The van der Waals surface area contributed by atoms with E-state index in [4.69, 9.17) is 4.74 Å². The van der Waals surface area contributed by atoms with E-state index < -0.39 is 10.8 Å². The number of unbranched alkanes of at least 4 members (excludes halogenated alkanes) is 5. The Hall–Kier alpha value is -3.22. The lowest BCUT2D eigenvalue weighted by atomic mass is 10.1. The van der Waals surface area contributed by atoms with Gasteiger partial charge in [-0.05, 0) is 42.3 Å². The number of benzene rings is 2. The van der Waals surface area contributed by atoms with E-state index in [0.29, 0.717) is 6.61 Å². The molecule has 0 aromatic heterocycles. The molecule has 2 aromatic rings. The van der Waals surface area contributed by atoms with Crippen molar-refractivity contribution in [2.75, 3.05) is 6.61 Å². The number of hydrogen-bond donors (Lipinski definition) is 1. The summed E-state index contributed by atoms with van der Waals surface area (Å²) in [5.74, 6) is 0.292. The van der Waals surface area contributed by atoms with Gasteiger partial charge in [-0.3, -0.25) is 14.9 Å². The average molecular weight is 397 g/mol. The fraction of sp³-hybridized carbons (Fsp3) is 0.364. The normalized spacial score (nSPS) is 10.8. The monoisotopic (exact) mass is 397 g/mol. The second kappa shape index (κ2) is 12.3. The molecule has 0 heterocycles. The maximum atomic E-state index is 12.0.